The summed E-state index contributed by atoms with van der Waals surface area (Å²) in [5, 5.41) is 3.66. The van der Waals surface area contributed by atoms with E-state index >= 15 is 0 Å². The molecule has 4 atom stereocenters. The van der Waals surface area contributed by atoms with Crippen LogP contribution in [-0.4, -0.2) is 23.4 Å². The molecule has 0 bridgehead atoms. The van der Waals surface area contributed by atoms with Crippen molar-refractivity contribution in [3.63, 3.8) is 0 Å². The van der Waals surface area contributed by atoms with Crippen LogP contribution < -0.4 is 5.32 Å². The first kappa shape index (κ1) is 19.3. The Hall–Kier alpha value is -1.06. The lowest BCUT2D eigenvalue weighted by molar-refractivity contribution is 0.0321. The van der Waals surface area contributed by atoms with Crippen LogP contribution in [0.5, 0.6) is 0 Å². The number of fused-ring (bicyclic) bond motifs is 1. The molecule has 134 valence electrons. The van der Waals surface area contributed by atoms with Gasteiger partial charge in [0, 0.05) is 17.2 Å². The molecular formula is C20H31ClN2O. The molecule has 1 aromatic rings. The summed E-state index contributed by atoms with van der Waals surface area (Å²) < 4.78 is 0. The van der Waals surface area contributed by atoms with Crippen LogP contribution in [0, 0.1) is 11.8 Å². The fourth-order valence-electron chi connectivity index (χ4n) is 4.25. The highest BCUT2D eigenvalue weighted by Crippen LogP contribution is 2.41. The van der Waals surface area contributed by atoms with Crippen LogP contribution in [0.1, 0.15) is 75.0 Å². The molecule has 0 radical (unpaired) electrons. The Balaban J connectivity index is 0.00000208. The van der Waals surface area contributed by atoms with Gasteiger partial charge in [0.25, 0.3) is 5.91 Å². The van der Waals surface area contributed by atoms with Crippen molar-refractivity contribution in [1.82, 2.24) is 10.2 Å². The summed E-state index contributed by atoms with van der Waals surface area (Å²) >= 11 is 0. The number of hydrogen-bond acceptors (Lipinski definition) is 2. The van der Waals surface area contributed by atoms with Crippen LogP contribution in [0.2, 0.25) is 0 Å². The Morgan fingerprint density at radius 2 is 1.96 bits per heavy atom. The maximum atomic E-state index is 13.1. The first-order chi connectivity index (χ1) is 11.1. The molecule has 1 aliphatic heterocycles. The number of nitrogens with zero attached hydrogens (tertiary/aromatic N) is 1. The zero-order chi connectivity index (χ0) is 16.4. The Kier molecular flexibility index (Phi) is 6.70. The minimum Gasteiger partial charge on any atom is -0.316 e. The minimum absolute atomic E-state index is 0. The van der Waals surface area contributed by atoms with E-state index in [0.717, 1.165) is 24.9 Å². The number of nitrogens with one attached hydrogen (secondary N) is 1. The SMILES string of the molecule is CCCCNC1c2ccccc2C(=O)N1C1CCCC(C)C1C.Cl. The molecule has 4 unspecified atom stereocenters. The number of halogens is 1. The molecule has 0 saturated heterocycles. The van der Waals surface area contributed by atoms with E-state index in [1.807, 2.05) is 12.1 Å². The second-order valence-corrected chi connectivity index (χ2v) is 7.34. The molecular weight excluding hydrogens is 320 g/mol. The van der Waals surface area contributed by atoms with Gasteiger partial charge in [-0.1, -0.05) is 58.2 Å². The number of rotatable bonds is 5. The average molecular weight is 351 g/mol. The lowest BCUT2D eigenvalue weighted by atomic mass is 9.77. The molecule has 0 spiro atoms. The summed E-state index contributed by atoms with van der Waals surface area (Å²) in [6.07, 6.45) is 6.04. The second-order valence-electron chi connectivity index (χ2n) is 7.34. The highest BCUT2D eigenvalue weighted by molar-refractivity contribution is 5.99. The fraction of sp³-hybridized carbons (Fsp3) is 0.650. The van der Waals surface area contributed by atoms with E-state index in [1.54, 1.807) is 0 Å². The summed E-state index contributed by atoms with van der Waals surface area (Å²) in [4.78, 5) is 15.2. The van der Waals surface area contributed by atoms with Gasteiger partial charge in [0.1, 0.15) is 6.17 Å². The number of amides is 1. The number of hydrogen-bond donors (Lipinski definition) is 1. The van der Waals surface area contributed by atoms with Gasteiger partial charge in [-0.2, -0.15) is 0 Å². The lowest BCUT2D eigenvalue weighted by Gasteiger charge is -2.42. The zero-order valence-electron chi connectivity index (χ0n) is 15.1. The van der Waals surface area contributed by atoms with Crippen molar-refractivity contribution in [3.05, 3.63) is 35.4 Å². The van der Waals surface area contributed by atoms with Gasteiger partial charge < -0.3 is 4.90 Å². The van der Waals surface area contributed by atoms with E-state index in [-0.39, 0.29) is 24.5 Å². The van der Waals surface area contributed by atoms with Gasteiger partial charge in [-0.15, -0.1) is 12.4 Å². The number of benzene rings is 1. The van der Waals surface area contributed by atoms with Gasteiger partial charge >= 0.3 is 0 Å². The highest BCUT2D eigenvalue weighted by Gasteiger charge is 2.43. The van der Waals surface area contributed by atoms with Crippen molar-refractivity contribution in [2.24, 2.45) is 11.8 Å². The summed E-state index contributed by atoms with van der Waals surface area (Å²) in [6.45, 7) is 7.84. The van der Waals surface area contributed by atoms with Crippen LogP contribution in [0.15, 0.2) is 24.3 Å². The van der Waals surface area contributed by atoms with E-state index in [4.69, 9.17) is 0 Å². The largest absolute Gasteiger partial charge is 0.316 e. The molecule has 1 aromatic carbocycles. The molecule has 1 aliphatic carbocycles. The molecule has 24 heavy (non-hydrogen) atoms. The standard InChI is InChI=1S/C20H30N2O.ClH/c1-4-5-13-21-19-16-10-6-7-11-17(16)20(23)22(19)18-12-8-9-14(2)15(18)3;/h6-7,10-11,14-15,18-19,21H,4-5,8-9,12-13H2,1-3H3;1H. The molecule has 3 rings (SSSR count). The Morgan fingerprint density at radius 3 is 2.71 bits per heavy atom. The Bertz CT molecular complexity index is 562. The van der Waals surface area contributed by atoms with Gasteiger partial charge in [0.15, 0.2) is 0 Å². The van der Waals surface area contributed by atoms with Crippen LogP contribution >= 0.6 is 12.4 Å². The summed E-state index contributed by atoms with van der Waals surface area (Å²) in [6, 6.07) is 8.50. The normalized spacial score (nSPS) is 29.3. The van der Waals surface area contributed by atoms with Crippen molar-refractivity contribution in [2.75, 3.05) is 6.54 Å². The third kappa shape index (κ3) is 3.48. The lowest BCUT2D eigenvalue weighted by Crippen LogP contribution is -2.49. The van der Waals surface area contributed by atoms with E-state index in [1.165, 1.54) is 24.8 Å². The molecule has 1 heterocycles. The van der Waals surface area contributed by atoms with E-state index < -0.39 is 0 Å². The predicted octanol–water partition coefficient (Wildman–Crippen LogP) is 4.78. The quantitative estimate of drug-likeness (QED) is 0.775. The van der Waals surface area contributed by atoms with Crippen molar-refractivity contribution in [2.45, 2.75) is 65.1 Å². The minimum atomic E-state index is 0. The van der Waals surface area contributed by atoms with E-state index in [2.05, 4.69) is 43.1 Å². The van der Waals surface area contributed by atoms with Gasteiger partial charge in [0.2, 0.25) is 0 Å². The van der Waals surface area contributed by atoms with Gasteiger partial charge in [0.05, 0.1) is 0 Å². The average Bonchev–Trinajstić information content (AvgIpc) is 2.84. The first-order valence-corrected chi connectivity index (χ1v) is 9.30. The molecule has 1 N–H and O–H groups in total. The molecule has 2 aliphatic rings. The van der Waals surface area contributed by atoms with Crippen LogP contribution in [0.25, 0.3) is 0 Å². The molecule has 1 fully saturated rings. The van der Waals surface area contributed by atoms with E-state index in [0.29, 0.717) is 17.9 Å². The molecule has 3 nitrogen and oxygen atoms in total. The number of carbonyl (C=O) groups excluding carboxylic acids is 1. The summed E-state index contributed by atoms with van der Waals surface area (Å²) in [7, 11) is 0. The first-order valence-electron chi connectivity index (χ1n) is 9.30. The summed E-state index contributed by atoms with van der Waals surface area (Å²) in [5.74, 6) is 1.49. The smallest absolute Gasteiger partial charge is 0.256 e. The Morgan fingerprint density at radius 1 is 1.21 bits per heavy atom. The van der Waals surface area contributed by atoms with Crippen molar-refractivity contribution >= 4 is 18.3 Å². The van der Waals surface area contributed by atoms with Gasteiger partial charge in [-0.25, -0.2) is 0 Å². The molecule has 1 amide bonds. The zero-order valence-corrected chi connectivity index (χ0v) is 15.9. The van der Waals surface area contributed by atoms with Crippen LogP contribution in [0.4, 0.5) is 0 Å². The molecule has 1 saturated carbocycles. The number of carbonyl (C=O) groups is 1. The highest BCUT2D eigenvalue weighted by atomic mass is 35.5. The maximum absolute atomic E-state index is 13.1. The fourth-order valence-corrected chi connectivity index (χ4v) is 4.25. The molecule has 0 aromatic heterocycles. The maximum Gasteiger partial charge on any atom is 0.256 e. The topological polar surface area (TPSA) is 32.3 Å². The van der Waals surface area contributed by atoms with Gasteiger partial charge in [-0.05, 0) is 37.3 Å². The third-order valence-electron chi connectivity index (χ3n) is 5.89. The van der Waals surface area contributed by atoms with Crippen LogP contribution in [-0.2, 0) is 0 Å². The second kappa shape index (κ2) is 8.35. The number of unbranched alkanes of at least 4 members (excludes halogenated alkanes) is 1. The molecule has 4 heteroatoms. The van der Waals surface area contributed by atoms with Crippen molar-refractivity contribution in [3.8, 4) is 0 Å². The van der Waals surface area contributed by atoms with Crippen molar-refractivity contribution < 1.29 is 4.79 Å². The predicted molar refractivity (Wildman–Crippen MR) is 101 cm³/mol. The van der Waals surface area contributed by atoms with Crippen LogP contribution in [0.3, 0.4) is 0 Å². The summed E-state index contributed by atoms with van der Waals surface area (Å²) in [5.41, 5.74) is 2.06. The van der Waals surface area contributed by atoms with Gasteiger partial charge in [-0.3, -0.25) is 10.1 Å². The Labute approximate surface area is 152 Å². The monoisotopic (exact) mass is 350 g/mol. The third-order valence-corrected chi connectivity index (χ3v) is 5.89. The van der Waals surface area contributed by atoms with Crippen molar-refractivity contribution in [1.29, 1.82) is 0 Å². The van der Waals surface area contributed by atoms with E-state index in [9.17, 15) is 4.79 Å².